The van der Waals surface area contributed by atoms with Crippen molar-refractivity contribution in [3.8, 4) is 0 Å². The Morgan fingerprint density at radius 1 is 0.833 bits per heavy atom. The van der Waals surface area contributed by atoms with E-state index in [9.17, 15) is 0 Å². The second kappa shape index (κ2) is 3.17. The summed E-state index contributed by atoms with van der Waals surface area (Å²) in [5, 5.41) is 0. The quantitative estimate of drug-likeness (QED) is 0.451. The van der Waals surface area contributed by atoms with Gasteiger partial charge in [0.2, 0.25) is 0 Å². The van der Waals surface area contributed by atoms with Gasteiger partial charge in [-0.2, -0.15) is 0 Å². The minimum atomic E-state index is 1.15. The zero-order valence-electron chi connectivity index (χ0n) is 8.45. The maximum absolute atomic E-state index is 4.50. The third-order valence-corrected chi connectivity index (χ3v) is 3.63. The fraction of sp³-hybridized carbons (Fsp3) is 0.400. The molecule has 0 saturated heterocycles. The van der Waals surface area contributed by atoms with E-state index >= 15 is 0 Å². The largest absolute Gasteiger partial charge is 0.143 e. The molecule has 2 heteroatoms. The van der Waals surface area contributed by atoms with E-state index in [0.717, 1.165) is 4.90 Å². The smallest absolute Gasteiger partial charge is 0.140 e. The molecule has 12 heavy (non-hydrogen) atoms. The molecular weight excluding hydrogens is 163 g/mol. The van der Waals surface area contributed by atoms with Gasteiger partial charge in [-0.1, -0.05) is 11.0 Å². The first kappa shape index (κ1) is 9.72. The highest BCUT2D eigenvalue weighted by Crippen LogP contribution is 2.21. The Morgan fingerprint density at radius 3 is 1.83 bits per heavy atom. The van der Waals surface area contributed by atoms with Crippen molar-refractivity contribution >= 4 is 25.9 Å². The van der Waals surface area contributed by atoms with Crippen LogP contribution >= 0.6 is 12.6 Å². The number of benzene rings is 1. The molecule has 0 amide bonds. The lowest BCUT2D eigenvalue weighted by Gasteiger charge is -2.15. The third-order valence-electron chi connectivity index (χ3n) is 2.96. The molecule has 1 aromatic carbocycles. The molecular formula is C10H15BS. The van der Waals surface area contributed by atoms with Crippen molar-refractivity contribution in [2.24, 2.45) is 0 Å². The Balaban J connectivity index is 3.60. The summed E-state index contributed by atoms with van der Waals surface area (Å²) in [6.07, 6.45) is 0. The van der Waals surface area contributed by atoms with Crippen molar-refractivity contribution in [2.45, 2.75) is 32.6 Å². The van der Waals surface area contributed by atoms with Crippen LogP contribution in [0, 0.1) is 27.7 Å². The topological polar surface area (TPSA) is 0 Å². The van der Waals surface area contributed by atoms with E-state index in [1.54, 1.807) is 0 Å². The van der Waals surface area contributed by atoms with Crippen LogP contribution in [0.25, 0.3) is 0 Å². The third kappa shape index (κ3) is 1.29. The molecule has 0 nitrogen and oxygen atoms in total. The van der Waals surface area contributed by atoms with Gasteiger partial charge in [-0.3, -0.25) is 0 Å². The molecule has 1 rings (SSSR count). The molecule has 0 unspecified atom stereocenters. The molecule has 0 aliphatic carbocycles. The van der Waals surface area contributed by atoms with E-state index in [1.807, 2.05) is 0 Å². The molecule has 0 aliphatic heterocycles. The molecule has 64 valence electrons. The summed E-state index contributed by atoms with van der Waals surface area (Å²) in [4.78, 5) is 1.15. The van der Waals surface area contributed by atoms with Crippen LogP contribution in [0.1, 0.15) is 22.3 Å². The van der Waals surface area contributed by atoms with Crippen LogP contribution in [0.15, 0.2) is 4.90 Å². The fourth-order valence-corrected chi connectivity index (χ4v) is 1.82. The highest BCUT2D eigenvalue weighted by Gasteiger charge is 2.08. The number of thiol groups is 1. The average molecular weight is 178 g/mol. The monoisotopic (exact) mass is 178 g/mol. The van der Waals surface area contributed by atoms with Crippen LogP contribution in [-0.4, -0.2) is 7.85 Å². The summed E-state index contributed by atoms with van der Waals surface area (Å²) in [6, 6.07) is 0. The zero-order chi connectivity index (χ0) is 9.46. The zero-order valence-corrected chi connectivity index (χ0v) is 9.34. The van der Waals surface area contributed by atoms with E-state index < -0.39 is 0 Å². The highest BCUT2D eigenvalue weighted by atomic mass is 32.1. The van der Waals surface area contributed by atoms with Gasteiger partial charge in [0.1, 0.15) is 7.85 Å². The van der Waals surface area contributed by atoms with Crippen molar-refractivity contribution in [1.29, 1.82) is 0 Å². The Kier molecular flexibility index (Phi) is 2.57. The fourth-order valence-electron chi connectivity index (χ4n) is 1.48. The summed E-state index contributed by atoms with van der Waals surface area (Å²) in [5.41, 5.74) is 6.80. The van der Waals surface area contributed by atoms with E-state index in [2.05, 4.69) is 48.2 Å². The lowest BCUT2D eigenvalue weighted by Crippen LogP contribution is -2.15. The van der Waals surface area contributed by atoms with Crippen LogP contribution in [0.5, 0.6) is 0 Å². The van der Waals surface area contributed by atoms with Crippen LogP contribution in [0.2, 0.25) is 0 Å². The van der Waals surface area contributed by atoms with Crippen molar-refractivity contribution in [3.05, 3.63) is 22.3 Å². The van der Waals surface area contributed by atoms with Gasteiger partial charge in [-0.25, -0.2) is 0 Å². The molecule has 0 spiro atoms. The normalized spacial score (nSPS) is 10.4. The molecule has 1 aromatic rings. The van der Waals surface area contributed by atoms with Crippen molar-refractivity contribution in [2.75, 3.05) is 0 Å². The number of hydrogen-bond acceptors (Lipinski definition) is 1. The lowest BCUT2D eigenvalue weighted by atomic mass is 9.83. The molecule has 0 radical (unpaired) electrons. The van der Waals surface area contributed by atoms with Gasteiger partial charge in [0, 0.05) is 4.90 Å². The molecule has 0 bridgehead atoms. The highest BCUT2D eigenvalue weighted by molar-refractivity contribution is 7.80. The van der Waals surface area contributed by atoms with E-state index in [4.69, 9.17) is 0 Å². The van der Waals surface area contributed by atoms with E-state index in [1.165, 1.54) is 27.7 Å². The molecule has 0 heterocycles. The minimum absolute atomic E-state index is 1.15. The van der Waals surface area contributed by atoms with E-state index in [0.29, 0.717) is 0 Å². The standard InChI is InChI=1S/C10H15BS/c1-5-6(2)9(11)8(4)10(12)7(5)3/h12H,11H2,1-4H3. The summed E-state index contributed by atoms with van der Waals surface area (Å²) >= 11 is 4.50. The first-order valence-corrected chi connectivity index (χ1v) is 4.67. The van der Waals surface area contributed by atoms with Crippen LogP contribution < -0.4 is 5.46 Å². The molecule has 0 aromatic heterocycles. The van der Waals surface area contributed by atoms with Gasteiger partial charge in [-0.15, -0.1) is 12.6 Å². The summed E-state index contributed by atoms with van der Waals surface area (Å²) in [6.45, 7) is 8.61. The van der Waals surface area contributed by atoms with E-state index in [-0.39, 0.29) is 0 Å². The minimum Gasteiger partial charge on any atom is -0.143 e. The molecule has 0 saturated carbocycles. The van der Waals surface area contributed by atoms with Gasteiger partial charge in [0.05, 0.1) is 0 Å². The van der Waals surface area contributed by atoms with Crippen LogP contribution in [0.4, 0.5) is 0 Å². The molecule has 0 N–H and O–H groups in total. The van der Waals surface area contributed by atoms with Crippen molar-refractivity contribution in [3.63, 3.8) is 0 Å². The first-order chi connectivity index (χ1) is 5.46. The maximum Gasteiger partial charge on any atom is 0.140 e. The number of rotatable bonds is 0. The lowest BCUT2D eigenvalue weighted by molar-refractivity contribution is 1.16. The SMILES string of the molecule is Bc1c(C)c(C)c(C)c(S)c1C. The molecule has 0 atom stereocenters. The average Bonchev–Trinajstić information content (AvgIpc) is 2.08. The predicted molar refractivity (Wildman–Crippen MR) is 60.8 cm³/mol. The summed E-state index contributed by atoms with van der Waals surface area (Å²) in [7, 11) is 2.16. The Bertz CT molecular complexity index is 224. The Hall–Kier alpha value is -0.365. The van der Waals surface area contributed by atoms with Crippen molar-refractivity contribution < 1.29 is 0 Å². The predicted octanol–water partition coefficient (Wildman–Crippen LogP) is 1.47. The van der Waals surface area contributed by atoms with Gasteiger partial charge in [0.25, 0.3) is 0 Å². The van der Waals surface area contributed by atoms with Crippen LogP contribution in [-0.2, 0) is 0 Å². The second-order valence-corrected chi connectivity index (χ2v) is 3.92. The van der Waals surface area contributed by atoms with Gasteiger partial charge >= 0.3 is 0 Å². The maximum atomic E-state index is 4.50. The Labute approximate surface area is 81.2 Å². The van der Waals surface area contributed by atoms with Gasteiger partial charge in [-0.05, 0) is 44.4 Å². The van der Waals surface area contributed by atoms with Crippen molar-refractivity contribution in [1.82, 2.24) is 0 Å². The number of hydrogen-bond donors (Lipinski definition) is 1. The first-order valence-electron chi connectivity index (χ1n) is 4.22. The second-order valence-electron chi connectivity index (χ2n) is 3.47. The summed E-state index contributed by atoms with van der Waals surface area (Å²) in [5.74, 6) is 0. The summed E-state index contributed by atoms with van der Waals surface area (Å²) < 4.78 is 0. The van der Waals surface area contributed by atoms with Crippen LogP contribution in [0.3, 0.4) is 0 Å². The molecule has 0 aliphatic rings. The Morgan fingerprint density at radius 2 is 1.33 bits per heavy atom. The van der Waals surface area contributed by atoms with Gasteiger partial charge < -0.3 is 0 Å². The van der Waals surface area contributed by atoms with Gasteiger partial charge in [0.15, 0.2) is 0 Å². The molecule has 0 fully saturated rings.